The number of benzene rings is 9. The Morgan fingerprint density at radius 1 is 0.302 bits per heavy atom. The molecule has 3 heteroatoms. The van der Waals surface area contributed by atoms with E-state index in [0.717, 1.165) is 50.3 Å². The molecule has 12 rings (SSSR count). The maximum Gasteiger partial charge on any atom is 0.160 e. The second-order valence-corrected chi connectivity index (χ2v) is 16.4. The molecule has 10 aromatic rings. The van der Waals surface area contributed by atoms with Crippen molar-refractivity contribution in [1.82, 2.24) is 9.97 Å². The molecule has 0 saturated heterocycles. The monoisotopic (exact) mass is 799 g/mol. The van der Waals surface area contributed by atoms with Crippen molar-refractivity contribution in [2.75, 3.05) is 0 Å². The summed E-state index contributed by atoms with van der Waals surface area (Å²) in [6, 6.07) is 82.0. The van der Waals surface area contributed by atoms with Crippen LogP contribution in [0.2, 0.25) is 0 Å². The minimum Gasteiger partial charge on any atom is -0.228 e. The Hall–Kier alpha value is -8.45. The van der Waals surface area contributed by atoms with E-state index in [0.29, 0.717) is 11.4 Å². The minimum absolute atomic E-state index is 0.494. The van der Waals surface area contributed by atoms with E-state index in [-0.39, 0.29) is 0 Å². The summed E-state index contributed by atoms with van der Waals surface area (Å²) in [5.74, 6) is 0.696. The summed E-state index contributed by atoms with van der Waals surface area (Å²) in [5.41, 5.74) is 21.8. The molecule has 9 aromatic carbocycles. The summed E-state index contributed by atoms with van der Waals surface area (Å²) in [4.78, 5) is 10.2. The third-order valence-electron chi connectivity index (χ3n) is 13.0. The average Bonchev–Trinajstić information content (AvgIpc) is 3.83. The lowest BCUT2D eigenvalue weighted by Gasteiger charge is -2.30. The first-order chi connectivity index (χ1) is 31.2. The molecule has 3 nitrogen and oxygen atoms in total. The molecule has 0 atom stereocenters. The van der Waals surface area contributed by atoms with E-state index in [1.54, 1.807) is 0 Å². The molecule has 0 radical (unpaired) electrons. The fraction of sp³-hybridized carbons (Fsp3) is 0.0167. The molecule has 0 aliphatic heterocycles. The summed E-state index contributed by atoms with van der Waals surface area (Å²) >= 11 is 0. The lowest BCUT2D eigenvalue weighted by atomic mass is 9.70. The minimum atomic E-state index is -0.494. The second kappa shape index (κ2) is 14.6. The van der Waals surface area contributed by atoms with Gasteiger partial charge in [-0.2, -0.15) is 5.26 Å². The maximum atomic E-state index is 10.1. The van der Waals surface area contributed by atoms with Crippen LogP contribution in [-0.4, -0.2) is 9.97 Å². The van der Waals surface area contributed by atoms with Gasteiger partial charge >= 0.3 is 0 Å². The van der Waals surface area contributed by atoms with Crippen molar-refractivity contribution >= 4 is 0 Å². The van der Waals surface area contributed by atoms with E-state index < -0.39 is 5.41 Å². The molecule has 0 fully saturated rings. The highest BCUT2D eigenvalue weighted by molar-refractivity contribution is 5.96. The Morgan fingerprint density at radius 3 is 1.37 bits per heavy atom. The van der Waals surface area contributed by atoms with Gasteiger partial charge in [0, 0.05) is 16.7 Å². The van der Waals surface area contributed by atoms with Crippen molar-refractivity contribution in [3.05, 3.63) is 252 Å². The molecule has 2 aliphatic carbocycles. The normalized spacial score (nSPS) is 12.6. The third-order valence-corrected chi connectivity index (χ3v) is 13.0. The second-order valence-electron chi connectivity index (χ2n) is 16.4. The molecular weight excluding hydrogens is 763 g/mol. The molecule has 0 N–H and O–H groups in total. The van der Waals surface area contributed by atoms with Crippen molar-refractivity contribution in [3.63, 3.8) is 0 Å². The van der Waals surface area contributed by atoms with Crippen LogP contribution >= 0.6 is 0 Å². The molecule has 2 aliphatic rings. The highest BCUT2D eigenvalue weighted by Crippen LogP contribution is 2.63. The Bertz CT molecular complexity index is 3390. The molecule has 1 spiro atoms. The SMILES string of the molecule is N#Cc1ccc2c(c1)C1(c3ccccc3-c3ccccc31)c1ccc(-c3cccc(-c4ccc(-c5cc(-c6ccc(-c7ccccc7)cc6)nc(-c6ccccc6)n5)cc4)c3)cc1-2. The van der Waals surface area contributed by atoms with Gasteiger partial charge in [-0.3, -0.25) is 0 Å². The molecule has 0 saturated carbocycles. The largest absolute Gasteiger partial charge is 0.228 e. The summed E-state index contributed by atoms with van der Waals surface area (Å²) < 4.78 is 0. The Labute approximate surface area is 366 Å². The van der Waals surface area contributed by atoms with Crippen LogP contribution in [0.1, 0.15) is 27.8 Å². The van der Waals surface area contributed by atoms with Crippen LogP contribution in [0.3, 0.4) is 0 Å². The van der Waals surface area contributed by atoms with E-state index in [4.69, 9.17) is 9.97 Å². The van der Waals surface area contributed by atoms with E-state index in [2.05, 4.69) is 200 Å². The van der Waals surface area contributed by atoms with Crippen LogP contribution in [0, 0.1) is 11.3 Å². The fourth-order valence-electron chi connectivity index (χ4n) is 10.0. The number of hydrogen-bond acceptors (Lipinski definition) is 3. The van der Waals surface area contributed by atoms with E-state index in [1.807, 2.05) is 30.3 Å². The van der Waals surface area contributed by atoms with Gasteiger partial charge in [-0.1, -0.05) is 194 Å². The van der Waals surface area contributed by atoms with Gasteiger partial charge in [0.15, 0.2) is 5.82 Å². The first-order valence-corrected chi connectivity index (χ1v) is 21.4. The van der Waals surface area contributed by atoms with Crippen molar-refractivity contribution in [2.24, 2.45) is 0 Å². The van der Waals surface area contributed by atoms with Gasteiger partial charge in [-0.05, 0) is 108 Å². The van der Waals surface area contributed by atoms with E-state index in [1.165, 1.54) is 55.6 Å². The molecule has 1 aromatic heterocycles. The average molecular weight is 800 g/mol. The van der Waals surface area contributed by atoms with Gasteiger partial charge < -0.3 is 0 Å². The summed E-state index contributed by atoms with van der Waals surface area (Å²) in [6.45, 7) is 0. The Balaban J connectivity index is 0.904. The van der Waals surface area contributed by atoms with Gasteiger partial charge in [0.25, 0.3) is 0 Å². The van der Waals surface area contributed by atoms with Gasteiger partial charge in [-0.25, -0.2) is 9.97 Å². The van der Waals surface area contributed by atoms with Crippen LogP contribution in [-0.2, 0) is 5.41 Å². The van der Waals surface area contributed by atoms with Gasteiger partial charge in [-0.15, -0.1) is 0 Å². The highest BCUT2D eigenvalue weighted by atomic mass is 14.9. The van der Waals surface area contributed by atoms with Gasteiger partial charge in [0.05, 0.1) is 28.4 Å². The van der Waals surface area contributed by atoms with Crippen LogP contribution in [0.4, 0.5) is 0 Å². The molecule has 0 amide bonds. The first kappa shape index (κ1) is 36.4. The first-order valence-electron chi connectivity index (χ1n) is 21.4. The fourth-order valence-corrected chi connectivity index (χ4v) is 10.0. The molecule has 292 valence electrons. The topological polar surface area (TPSA) is 49.6 Å². The zero-order valence-corrected chi connectivity index (χ0v) is 34.2. The number of nitriles is 1. The third kappa shape index (κ3) is 5.88. The molecule has 0 unspecified atom stereocenters. The van der Waals surface area contributed by atoms with Crippen molar-refractivity contribution in [2.45, 2.75) is 5.41 Å². The highest BCUT2D eigenvalue weighted by Gasteiger charge is 2.51. The standard InChI is InChI=1S/C60H37N3/c61-38-39-22-32-51-52-36-48(31-33-55(52)60(56(51)34-39)53-20-9-7-18-49(53)50-19-8-10-21-54(50)60)47-17-11-16-46(35-47)42-25-29-44(30-26-42)58-37-57(62-59(63-58)45-14-5-2-6-15-45)43-27-23-41(24-28-43)40-12-3-1-4-13-40/h1-37H. The number of rotatable bonds is 6. The number of fused-ring (bicyclic) bond motifs is 10. The number of aromatic nitrogens is 2. The van der Waals surface area contributed by atoms with Crippen LogP contribution in [0.5, 0.6) is 0 Å². The Morgan fingerprint density at radius 2 is 0.746 bits per heavy atom. The van der Waals surface area contributed by atoms with Crippen molar-refractivity contribution < 1.29 is 0 Å². The van der Waals surface area contributed by atoms with E-state index in [9.17, 15) is 5.26 Å². The van der Waals surface area contributed by atoms with E-state index >= 15 is 0 Å². The predicted molar refractivity (Wildman–Crippen MR) is 256 cm³/mol. The zero-order valence-electron chi connectivity index (χ0n) is 34.2. The molecular formula is C60H37N3. The lowest BCUT2D eigenvalue weighted by molar-refractivity contribution is 0.793. The van der Waals surface area contributed by atoms with Crippen molar-refractivity contribution in [1.29, 1.82) is 5.26 Å². The summed E-state index contributed by atoms with van der Waals surface area (Å²) in [6.07, 6.45) is 0. The Kier molecular flexibility index (Phi) is 8.45. The number of nitrogens with zero attached hydrogens (tertiary/aromatic N) is 3. The predicted octanol–water partition coefficient (Wildman–Crippen LogP) is 14.7. The van der Waals surface area contributed by atoms with Crippen LogP contribution in [0.25, 0.3) is 89.5 Å². The molecule has 63 heavy (non-hydrogen) atoms. The van der Waals surface area contributed by atoms with Crippen LogP contribution in [0.15, 0.2) is 224 Å². The van der Waals surface area contributed by atoms with Crippen molar-refractivity contribution in [3.8, 4) is 95.6 Å². The summed E-state index contributed by atoms with van der Waals surface area (Å²) in [5, 5.41) is 10.1. The smallest absolute Gasteiger partial charge is 0.160 e. The molecule has 0 bridgehead atoms. The quantitative estimate of drug-likeness (QED) is 0.168. The lowest BCUT2D eigenvalue weighted by Crippen LogP contribution is -2.25. The maximum absolute atomic E-state index is 10.1. The number of hydrogen-bond donors (Lipinski definition) is 0. The zero-order chi connectivity index (χ0) is 41.9. The van der Waals surface area contributed by atoms with Gasteiger partial charge in [0.1, 0.15) is 0 Å². The van der Waals surface area contributed by atoms with Crippen LogP contribution < -0.4 is 0 Å². The van der Waals surface area contributed by atoms with Gasteiger partial charge in [0.2, 0.25) is 0 Å². The summed E-state index contributed by atoms with van der Waals surface area (Å²) in [7, 11) is 0. The molecule has 1 heterocycles.